The van der Waals surface area contributed by atoms with Crippen LogP contribution in [0, 0.1) is 23.7 Å². The maximum absolute atomic E-state index is 17.0. The molecule has 0 bridgehead atoms. The SMILES string of the molecule is COC(=O)C(NC(=O)N1C(=O)C2(c3cc(C#Cc4ccc(OC)cc4)ccc31)C(C(=O)N1CCc3cc(OC)c(OC)cc3C1)C1C(=O)OC(c3ccccc3)C(c3ccccc3)N1C2c1ccc(OCCO)cc1)C(C)C. The molecule has 2 N–H and O–H groups in total. The standard InChI is InChI=1S/C62H60N4O12/c1-37(2)52(58(69)76-6)63-61(72)65-48-28-21-39(18-17-38-19-24-45(73-3)25-20-38)33-47(48)62(60(65)71)51(57(68)64-30-29-43-34-49(74-4)50(75-5)35-44(43)36-64)54-59(70)78-55(41-15-11-8-12-16-41)53(40-13-9-7-10-14-40)66(54)56(62)42-22-26-46(27-23-42)77-32-31-67/h7-16,19-28,33-35,37,51-56,67H,29-32,36H2,1-6H3,(H,63,72). The van der Waals surface area contributed by atoms with Crippen molar-refractivity contribution in [2.75, 3.05) is 53.1 Å². The molecule has 16 nitrogen and oxygen atoms in total. The number of cyclic esters (lactones) is 1. The number of rotatable bonds is 13. The molecule has 0 aliphatic carbocycles. The molecule has 16 heteroatoms. The Balaban J connectivity index is 1.27. The molecule has 2 saturated heterocycles. The molecule has 0 aromatic heterocycles. The van der Waals surface area contributed by atoms with Gasteiger partial charge in [-0.2, -0.15) is 0 Å². The number of methoxy groups -OCH3 is 4. The second kappa shape index (κ2) is 22.1. The normalized spacial score (nSPS) is 21.6. The van der Waals surface area contributed by atoms with E-state index in [-0.39, 0.29) is 37.6 Å². The molecule has 400 valence electrons. The number of imide groups is 1. The number of hydrogen-bond donors (Lipinski definition) is 2. The van der Waals surface area contributed by atoms with Gasteiger partial charge in [-0.15, -0.1) is 0 Å². The summed E-state index contributed by atoms with van der Waals surface area (Å²) in [5.74, 6) is 3.67. The van der Waals surface area contributed by atoms with Crippen LogP contribution in [0.4, 0.5) is 10.5 Å². The first-order chi connectivity index (χ1) is 37.9. The number of ether oxygens (including phenoxy) is 6. The van der Waals surface area contributed by atoms with E-state index >= 15 is 19.2 Å². The Morgan fingerprint density at radius 1 is 0.731 bits per heavy atom. The number of amides is 4. The molecule has 10 rings (SSSR count). The molecule has 1 spiro atoms. The molecule has 2 fully saturated rings. The van der Waals surface area contributed by atoms with Crippen LogP contribution in [0.3, 0.4) is 0 Å². The first kappa shape index (κ1) is 52.8. The van der Waals surface area contributed by atoms with E-state index in [1.807, 2.05) is 89.8 Å². The van der Waals surface area contributed by atoms with Gasteiger partial charge in [0.25, 0.3) is 0 Å². The molecule has 78 heavy (non-hydrogen) atoms. The molecule has 6 aromatic carbocycles. The van der Waals surface area contributed by atoms with Gasteiger partial charge >= 0.3 is 18.0 Å². The van der Waals surface area contributed by atoms with Crippen molar-refractivity contribution < 1.29 is 57.5 Å². The molecular weight excluding hydrogens is 993 g/mol. The smallest absolute Gasteiger partial charge is 0.329 e. The predicted molar refractivity (Wildman–Crippen MR) is 288 cm³/mol. The van der Waals surface area contributed by atoms with Crippen LogP contribution >= 0.6 is 0 Å². The zero-order chi connectivity index (χ0) is 54.8. The molecule has 7 unspecified atom stereocenters. The highest BCUT2D eigenvalue weighted by Gasteiger charge is 2.76. The van der Waals surface area contributed by atoms with Crippen LogP contribution in [-0.2, 0) is 47.0 Å². The van der Waals surface area contributed by atoms with Crippen molar-refractivity contribution in [2.45, 2.75) is 62.5 Å². The number of aliphatic hydroxyl groups excluding tert-OH is 1. The fourth-order valence-corrected chi connectivity index (χ4v) is 11.8. The Kier molecular flexibility index (Phi) is 15.0. The minimum atomic E-state index is -2.13. The minimum absolute atomic E-state index is 0.00893. The number of benzene rings is 6. The number of esters is 2. The fourth-order valence-electron chi connectivity index (χ4n) is 11.8. The highest BCUT2D eigenvalue weighted by molar-refractivity contribution is 6.25. The number of nitrogens with one attached hydrogen (secondary N) is 1. The predicted octanol–water partition coefficient (Wildman–Crippen LogP) is 7.64. The first-order valence-corrected chi connectivity index (χ1v) is 25.8. The van der Waals surface area contributed by atoms with Gasteiger partial charge in [-0.1, -0.05) is 98.5 Å². The summed E-state index contributed by atoms with van der Waals surface area (Å²) >= 11 is 0. The summed E-state index contributed by atoms with van der Waals surface area (Å²) in [6.45, 7) is 3.52. The first-order valence-electron chi connectivity index (χ1n) is 25.8. The monoisotopic (exact) mass is 1050 g/mol. The molecule has 6 aromatic rings. The van der Waals surface area contributed by atoms with Crippen molar-refractivity contribution in [3.05, 3.63) is 184 Å². The van der Waals surface area contributed by atoms with Crippen molar-refractivity contribution in [1.29, 1.82) is 0 Å². The summed E-state index contributed by atoms with van der Waals surface area (Å²) in [5, 5.41) is 12.5. The summed E-state index contributed by atoms with van der Waals surface area (Å²) in [6, 6.07) is 36.2. The van der Waals surface area contributed by atoms with Crippen LogP contribution < -0.4 is 29.2 Å². The number of carbonyl (C=O) groups is 5. The molecule has 4 heterocycles. The van der Waals surface area contributed by atoms with Gasteiger partial charge in [0, 0.05) is 24.2 Å². The van der Waals surface area contributed by atoms with Crippen LogP contribution in [0.15, 0.2) is 140 Å². The summed E-state index contributed by atoms with van der Waals surface area (Å²) in [6.07, 6.45) is -0.568. The lowest BCUT2D eigenvalue weighted by Gasteiger charge is -2.46. The molecule has 0 saturated carbocycles. The van der Waals surface area contributed by atoms with Gasteiger partial charge in [-0.25, -0.2) is 14.5 Å². The average molecular weight is 1050 g/mol. The Morgan fingerprint density at radius 3 is 1.99 bits per heavy atom. The van der Waals surface area contributed by atoms with Gasteiger partial charge in [0.1, 0.15) is 41.7 Å². The molecule has 4 aliphatic rings. The second-order valence-electron chi connectivity index (χ2n) is 19.9. The Morgan fingerprint density at radius 2 is 1.36 bits per heavy atom. The van der Waals surface area contributed by atoms with Gasteiger partial charge < -0.3 is 43.7 Å². The number of fused-ring (bicyclic) bond motifs is 4. The third kappa shape index (κ3) is 9.32. The third-order valence-electron chi connectivity index (χ3n) is 15.4. The average Bonchev–Trinajstić information content (AvgIpc) is 2.66. The number of nitrogens with zero attached hydrogens (tertiary/aromatic N) is 3. The zero-order valence-electron chi connectivity index (χ0n) is 44.1. The zero-order valence-corrected chi connectivity index (χ0v) is 44.1. The molecule has 0 radical (unpaired) electrons. The van der Waals surface area contributed by atoms with Crippen LogP contribution in [0.2, 0.25) is 0 Å². The highest BCUT2D eigenvalue weighted by Crippen LogP contribution is 2.66. The fraction of sp³-hybridized carbons (Fsp3) is 0.306. The number of carbonyl (C=O) groups excluding carboxylic acids is 5. The minimum Gasteiger partial charge on any atom is -0.497 e. The molecule has 4 amide bonds. The van der Waals surface area contributed by atoms with Crippen LogP contribution in [0.1, 0.15) is 76.5 Å². The van der Waals surface area contributed by atoms with Gasteiger partial charge in [0.2, 0.25) is 11.8 Å². The van der Waals surface area contributed by atoms with E-state index in [0.717, 1.165) is 21.6 Å². The van der Waals surface area contributed by atoms with E-state index in [2.05, 4.69) is 17.2 Å². The van der Waals surface area contributed by atoms with Crippen LogP contribution in [-0.4, -0.2) is 105 Å². The van der Waals surface area contributed by atoms with Crippen molar-refractivity contribution in [1.82, 2.24) is 15.1 Å². The van der Waals surface area contributed by atoms with E-state index in [4.69, 9.17) is 28.4 Å². The Bertz CT molecular complexity index is 3310. The van der Waals surface area contributed by atoms with Gasteiger partial charge in [-0.05, 0) is 112 Å². The van der Waals surface area contributed by atoms with Crippen molar-refractivity contribution >= 4 is 35.5 Å². The Labute approximate surface area is 452 Å². The third-order valence-corrected chi connectivity index (χ3v) is 15.4. The molecule has 4 aliphatic heterocycles. The maximum atomic E-state index is 17.0. The topological polar surface area (TPSA) is 183 Å². The lowest BCUT2D eigenvalue weighted by molar-refractivity contribution is -0.179. The molecule has 7 atom stereocenters. The number of morpholine rings is 1. The summed E-state index contributed by atoms with van der Waals surface area (Å²) in [4.78, 5) is 82.9. The van der Waals surface area contributed by atoms with Crippen LogP contribution in [0.25, 0.3) is 0 Å². The number of hydrogen-bond acceptors (Lipinski definition) is 13. The lowest BCUT2D eigenvalue weighted by atomic mass is 9.64. The van der Waals surface area contributed by atoms with Crippen LogP contribution in [0.5, 0.6) is 23.0 Å². The second-order valence-corrected chi connectivity index (χ2v) is 19.9. The van der Waals surface area contributed by atoms with E-state index < -0.39 is 77.3 Å². The molecular formula is C62H60N4O12. The van der Waals surface area contributed by atoms with E-state index in [0.29, 0.717) is 51.7 Å². The largest absolute Gasteiger partial charge is 0.497 e. The number of anilines is 1. The van der Waals surface area contributed by atoms with Gasteiger partial charge in [0.05, 0.1) is 58.7 Å². The lowest BCUT2D eigenvalue weighted by Crippen LogP contribution is -2.58. The summed E-state index contributed by atoms with van der Waals surface area (Å²) in [5.41, 5.74) is 2.95. The van der Waals surface area contributed by atoms with Gasteiger partial charge in [0.15, 0.2) is 11.5 Å². The van der Waals surface area contributed by atoms with Crippen molar-refractivity contribution in [3.63, 3.8) is 0 Å². The quantitative estimate of drug-likeness (QED) is 0.0851. The van der Waals surface area contributed by atoms with E-state index in [1.165, 1.54) is 14.2 Å². The van der Waals surface area contributed by atoms with Crippen molar-refractivity contribution in [2.24, 2.45) is 11.8 Å². The van der Waals surface area contributed by atoms with Crippen molar-refractivity contribution in [3.8, 4) is 34.8 Å². The van der Waals surface area contributed by atoms with Gasteiger partial charge in [-0.3, -0.25) is 19.3 Å². The maximum Gasteiger partial charge on any atom is 0.329 e. The number of urea groups is 1. The summed E-state index contributed by atoms with van der Waals surface area (Å²) < 4.78 is 34.5. The Hall–Kier alpha value is -8.65. The highest BCUT2D eigenvalue weighted by atomic mass is 16.6. The number of aliphatic hydroxyl groups is 1. The van der Waals surface area contributed by atoms with E-state index in [1.54, 1.807) is 87.6 Å². The summed E-state index contributed by atoms with van der Waals surface area (Å²) in [7, 11) is 5.89. The van der Waals surface area contributed by atoms with E-state index in [9.17, 15) is 9.90 Å².